The molecule has 0 aliphatic carbocycles. The molecule has 1 atom stereocenters. The number of ether oxygens (including phenoxy) is 1. The highest BCUT2D eigenvalue weighted by Gasteiger charge is 2.29. The number of benzene rings is 1. The average molecular weight is 263 g/mol. The average Bonchev–Trinajstić information content (AvgIpc) is 2.37. The van der Waals surface area contributed by atoms with Crippen molar-refractivity contribution in [3.8, 4) is 0 Å². The molecule has 0 spiro atoms. The second-order valence-electron chi connectivity index (χ2n) is 6.24. The molecule has 19 heavy (non-hydrogen) atoms. The van der Waals surface area contributed by atoms with Crippen LogP contribution in [-0.4, -0.2) is 25.8 Å². The quantitative estimate of drug-likeness (QED) is 0.809. The van der Waals surface area contributed by atoms with E-state index in [4.69, 9.17) is 4.74 Å². The molecule has 0 radical (unpaired) electrons. The molecule has 0 amide bonds. The highest BCUT2D eigenvalue weighted by molar-refractivity contribution is 5.25. The molecule has 2 nitrogen and oxygen atoms in total. The smallest absolute Gasteiger partial charge is 0.0598 e. The first-order valence-electron chi connectivity index (χ1n) is 7.27. The van der Waals surface area contributed by atoms with Crippen molar-refractivity contribution in [1.82, 2.24) is 5.32 Å². The van der Waals surface area contributed by atoms with E-state index in [0.29, 0.717) is 0 Å². The third-order valence-corrected chi connectivity index (χ3v) is 3.69. The summed E-state index contributed by atoms with van der Waals surface area (Å²) in [5.41, 5.74) is 1.52. The second-order valence-corrected chi connectivity index (χ2v) is 6.24. The standard InChI is InChI=1S/C17H29NO/c1-6-17(14-18-5,12-13-19-16(2,3)4)15-10-8-7-9-11-15/h7-11,18H,6,12-14H2,1-5H3. The number of rotatable bonds is 7. The second kappa shape index (κ2) is 7.06. The molecule has 0 aliphatic rings. The highest BCUT2D eigenvalue weighted by atomic mass is 16.5. The molecule has 1 aromatic rings. The lowest BCUT2D eigenvalue weighted by atomic mass is 9.75. The fourth-order valence-corrected chi connectivity index (χ4v) is 2.52. The van der Waals surface area contributed by atoms with Gasteiger partial charge in [0.2, 0.25) is 0 Å². The maximum Gasteiger partial charge on any atom is 0.0598 e. The Morgan fingerprint density at radius 2 is 1.74 bits per heavy atom. The first-order chi connectivity index (χ1) is 8.93. The van der Waals surface area contributed by atoms with Crippen LogP contribution in [0.15, 0.2) is 30.3 Å². The Bertz CT molecular complexity index is 355. The molecule has 0 bridgehead atoms. The van der Waals surface area contributed by atoms with Crippen LogP contribution in [-0.2, 0) is 10.2 Å². The summed E-state index contributed by atoms with van der Waals surface area (Å²) in [6, 6.07) is 10.8. The third kappa shape index (κ3) is 4.96. The summed E-state index contributed by atoms with van der Waals surface area (Å²) >= 11 is 0. The van der Waals surface area contributed by atoms with Crippen LogP contribution in [0, 0.1) is 0 Å². The van der Waals surface area contributed by atoms with E-state index < -0.39 is 0 Å². The summed E-state index contributed by atoms with van der Waals surface area (Å²) in [7, 11) is 2.03. The normalized spacial score (nSPS) is 15.2. The van der Waals surface area contributed by atoms with Crippen LogP contribution in [0.3, 0.4) is 0 Å². The largest absolute Gasteiger partial charge is 0.376 e. The molecule has 1 aromatic carbocycles. The van der Waals surface area contributed by atoms with Gasteiger partial charge in [-0.15, -0.1) is 0 Å². The van der Waals surface area contributed by atoms with Crippen LogP contribution < -0.4 is 5.32 Å². The molecule has 0 heterocycles. The predicted octanol–water partition coefficient (Wildman–Crippen LogP) is 3.76. The summed E-state index contributed by atoms with van der Waals surface area (Å²) in [6.07, 6.45) is 2.16. The Labute approximate surface area is 118 Å². The number of nitrogens with one attached hydrogen (secondary N) is 1. The van der Waals surface area contributed by atoms with Gasteiger partial charge in [0.05, 0.1) is 5.60 Å². The van der Waals surface area contributed by atoms with Gasteiger partial charge in [0.25, 0.3) is 0 Å². The van der Waals surface area contributed by atoms with Gasteiger partial charge in [0, 0.05) is 18.6 Å². The molecular formula is C17H29NO. The molecule has 0 aliphatic heterocycles. The summed E-state index contributed by atoms with van der Waals surface area (Å²) in [4.78, 5) is 0. The van der Waals surface area contributed by atoms with Crippen LogP contribution in [0.2, 0.25) is 0 Å². The van der Waals surface area contributed by atoms with Crippen LogP contribution in [0.25, 0.3) is 0 Å². The SMILES string of the molecule is CCC(CCOC(C)(C)C)(CNC)c1ccccc1. The monoisotopic (exact) mass is 263 g/mol. The van der Waals surface area contributed by atoms with Crippen LogP contribution in [0.5, 0.6) is 0 Å². The lowest BCUT2D eigenvalue weighted by Gasteiger charge is -2.34. The Hall–Kier alpha value is -0.860. The number of hydrogen-bond donors (Lipinski definition) is 1. The zero-order chi connectivity index (χ0) is 14.4. The van der Waals surface area contributed by atoms with Crippen molar-refractivity contribution in [2.24, 2.45) is 0 Å². The van der Waals surface area contributed by atoms with E-state index in [1.807, 2.05) is 7.05 Å². The van der Waals surface area contributed by atoms with Gasteiger partial charge in [-0.3, -0.25) is 0 Å². The van der Waals surface area contributed by atoms with Gasteiger partial charge in [-0.05, 0) is 46.2 Å². The Morgan fingerprint density at radius 3 is 2.21 bits per heavy atom. The first kappa shape index (κ1) is 16.2. The molecule has 2 heteroatoms. The molecule has 1 unspecified atom stereocenters. The van der Waals surface area contributed by atoms with Crippen LogP contribution in [0.1, 0.15) is 46.1 Å². The maximum atomic E-state index is 5.93. The lowest BCUT2D eigenvalue weighted by molar-refractivity contribution is -0.0121. The summed E-state index contributed by atoms with van der Waals surface area (Å²) in [5.74, 6) is 0. The molecule has 0 saturated heterocycles. The van der Waals surface area contributed by atoms with Crippen molar-refractivity contribution >= 4 is 0 Å². The highest BCUT2D eigenvalue weighted by Crippen LogP contribution is 2.31. The Balaban J connectivity index is 2.81. The van der Waals surface area contributed by atoms with Crippen molar-refractivity contribution in [2.75, 3.05) is 20.2 Å². The van der Waals surface area contributed by atoms with E-state index >= 15 is 0 Å². The summed E-state index contributed by atoms with van der Waals surface area (Å²) < 4.78 is 5.93. The fourth-order valence-electron chi connectivity index (χ4n) is 2.52. The van der Waals surface area contributed by atoms with E-state index in [9.17, 15) is 0 Å². The zero-order valence-corrected chi connectivity index (χ0v) is 13.1. The zero-order valence-electron chi connectivity index (χ0n) is 13.1. The van der Waals surface area contributed by atoms with Crippen molar-refractivity contribution in [2.45, 2.75) is 51.6 Å². The minimum atomic E-state index is -0.0597. The van der Waals surface area contributed by atoms with Gasteiger partial charge in [0.1, 0.15) is 0 Å². The van der Waals surface area contributed by atoms with E-state index in [1.54, 1.807) is 0 Å². The number of likely N-dealkylation sites (N-methyl/N-ethyl adjacent to an activating group) is 1. The van der Waals surface area contributed by atoms with Crippen molar-refractivity contribution in [3.05, 3.63) is 35.9 Å². The van der Waals surface area contributed by atoms with E-state index in [0.717, 1.165) is 26.0 Å². The van der Waals surface area contributed by atoms with Gasteiger partial charge >= 0.3 is 0 Å². The predicted molar refractivity (Wildman–Crippen MR) is 82.7 cm³/mol. The molecule has 0 fully saturated rings. The van der Waals surface area contributed by atoms with E-state index in [2.05, 4.69) is 63.3 Å². The van der Waals surface area contributed by atoms with E-state index in [-0.39, 0.29) is 11.0 Å². The number of hydrogen-bond acceptors (Lipinski definition) is 2. The van der Waals surface area contributed by atoms with E-state index in [1.165, 1.54) is 5.56 Å². The van der Waals surface area contributed by atoms with Crippen molar-refractivity contribution in [1.29, 1.82) is 0 Å². The molecular weight excluding hydrogens is 234 g/mol. The molecule has 0 saturated carbocycles. The lowest BCUT2D eigenvalue weighted by Crippen LogP contribution is -2.38. The van der Waals surface area contributed by atoms with Gasteiger partial charge in [-0.2, -0.15) is 0 Å². The third-order valence-electron chi connectivity index (χ3n) is 3.69. The van der Waals surface area contributed by atoms with Gasteiger partial charge in [0.15, 0.2) is 0 Å². The minimum Gasteiger partial charge on any atom is -0.376 e. The Morgan fingerprint density at radius 1 is 1.11 bits per heavy atom. The molecule has 0 aromatic heterocycles. The van der Waals surface area contributed by atoms with Gasteiger partial charge in [-0.25, -0.2) is 0 Å². The first-order valence-corrected chi connectivity index (χ1v) is 7.27. The summed E-state index contributed by atoms with van der Waals surface area (Å²) in [6.45, 7) is 10.4. The molecule has 1 rings (SSSR count). The fraction of sp³-hybridized carbons (Fsp3) is 0.647. The molecule has 1 N–H and O–H groups in total. The van der Waals surface area contributed by atoms with Gasteiger partial charge < -0.3 is 10.1 Å². The summed E-state index contributed by atoms with van der Waals surface area (Å²) in [5, 5.41) is 3.35. The van der Waals surface area contributed by atoms with Crippen LogP contribution in [0.4, 0.5) is 0 Å². The van der Waals surface area contributed by atoms with Gasteiger partial charge in [-0.1, -0.05) is 37.3 Å². The topological polar surface area (TPSA) is 21.3 Å². The Kier molecular flexibility index (Phi) is 6.02. The minimum absolute atomic E-state index is 0.0597. The van der Waals surface area contributed by atoms with Crippen LogP contribution >= 0.6 is 0 Å². The molecule has 108 valence electrons. The van der Waals surface area contributed by atoms with Crippen molar-refractivity contribution < 1.29 is 4.74 Å². The van der Waals surface area contributed by atoms with Crippen molar-refractivity contribution in [3.63, 3.8) is 0 Å². The maximum absolute atomic E-state index is 5.93.